The van der Waals surface area contributed by atoms with Crippen LogP contribution in [0.3, 0.4) is 0 Å². The van der Waals surface area contributed by atoms with Gasteiger partial charge in [0.15, 0.2) is 17.5 Å². The molecule has 0 saturated heterocycles. The highest BCUT2D eigenvalue weighted by molar-refractivity contribution is 6.12. The minimum absolute atomic E-state index is 0.132. The molecule has 0 spiro atoms. The molecule has 5 nitrogen and oxygen atoms in total. The number of nitrogens with zero attached hydrogens (tertiary/aromatic N) is 3. The highest BCUT2D eigenvalue weighted by Crippen LogP contribution is 2.42. The zero-order valence-electron chi connectivity index (χ0n) is 26.3. The molecule has 0 radical (unpaired) electrons. The molecule has 1 N–H and O–H groups in total. The Labute approximate surface area is 282 Å². The van der Waals surface area contributed by atoms with Gasteiger partial charge in [-0.2, -0.15) is 0 Å². The van der Waals surface area contributed by atoms with Crippen LogP contribution in [0.2, 0.25) is 0 Å². The van der Waals surface area contributed by atoms with Gasteiger partial charge in [-0.3, -0.25) is 0 Å². The van der Waals surface area contributed by atoms with E-state index in [4.69, 9.17) is 19.4 Å². The summed E-state index contributed by atoms with van der Waals surface area (Å²) in [5, 5.41) is 10.7. The Morgan fingerprint density at radius 1 is 0.490 bits per heavy atom. The molecule has 1 atom stereocenters. The van der Waals surface area contributed by atoms with Crippen molar-refractivity contribution in [3.63, 3.8) is 0 Å². The topological polar surface area (TPSA) is 63.8 Å². The van der Waals surface area contributed by atoms with Crippen LogP contribution in [0.25, 0.3) is 83.7 Å². The van der Waals surface area contributed by atoms with E-state index in [0.29, 0.717) is 17.5 Å². The standard InChI is InChI=1S/C44H28N4O/c1-2-12-30(13-3-1)42-46-43(48-44(47-42)35-18-10-20-37-40(35)34-17-8-9-19-36(34)49-37)33-16-7-6-15-32(33)41-39-29(25-26-45-41)24-23-28-22-21-27-11-4-5-14-31(27)38(28)39/h1-26,41,45H. The number of nitrogens with one attached hydrogen (secondary N) is 1. The van der Waals surface area contributed by atoms with Gasteiger partial charge in [0.1, 0.15) is 11.2 Å². The Morgan fingerprint density at radius 3 is 2.08 bits per heavy atom. The van der Waals surface area contributed by atoms with Gasteiger partial charge >= 0.3 is 0 Å². The lowest BCUT2D eigenvalue weighted by molar-refractivity contribution is 0.669. The third kappa shape index (κ3) is 4.44. The third-order valence-electron chi connectivity index (χ3n) is 9.62. The van der Waals surface area contributed by atoms with Gasteiger partial charge in [-0.1, -0.05) is 133 Å². The van der Waals surface area contributed by atoms with Crippen molar-refractivity contribution < 1.29 is 4.42 Å². The summed E-state index contributed by atoms with van der Waals surface area (Å²) in [6, 6.07) is 50.2. The lowest BCUT2D eigenvalue weighted by Gasteiger charge is -2.28. The van der Waals surface area contributed by atoms with E-state index in [0.717, 1.165) is 44.2 Å². The van der Waals surface area contributed by atoms with E-state index in [-0.39, 0.29) is 6.04 Å². The van der Waals surface area contributed by atoms with Crippen LogP contribution in [-0.4, -0.2) is 15.0 Å². The normalized spacial score (nSPS) is 14.0. The molecule has 0 fully saturated rings. The van der Waals surface area contributed by atoms with Gasteiger partial charge < -0.3 is 9.73 Å². The minimum Gasteiger partial charge on any atom is -0.456 e. The zero-order chi connectivity index (χ0) is 32.3. The smallest absolute Gasteiger partial charge is 0.164 e. The Morgan fingerprint density at radius 2 is 1.16 bits per heavy atom. The summed E-state index contributed by atoms with van der Waals surface area (Å²) in [5.41, 5.74) is 7.95. The Bertz CT molecular complexity index is 2760. The maximum Gasteiger partial charge on any atom is 0.164 e. The molecule has 1 unspecified atom stereocenters. The van der Waals surface area contributed by atoms with Crippen molar-refractivity contribution in [1.29, 1.82) is 0 Å². The summed E-state index contributed by atoms with van der Waals surface area (Å²) in [6.07, 6.45) is 4.22. The molecule has 230 valence electrons. The van der Waals surface area contributed by atoms with Crippen LogP contribution < -0.4 is 5.32 Å². The van der Waals surface area contributed by atoms with E-state index in [9.17, 15) is 0 Å². The van der Waals surface area contributed by atoms with Crippen LogP contribution in [0.1, 0.15) is 22.7 Å². The number of aromatic nitrogens is 3. The van der Waals surface area contributed by atoms with E-state index in [1.807, 2.05) is 60.7 Å². The van der Waals surface area contributed by atoms with E-state index < -0.39 is 0 Å². The Kier molecular flexibility index (Phi) is 6.18. The predicted octanol–water partition coefficient (Wildman–Crippen LogP) is 10.7. The quantitative estimate of drug-likeness (QED) is 0.197. The summed E-state index contributed by atoms with van der Waals surface area (Å²) in [4.78, 5) is 15.5. The fraction of sp³-hybridized carbons (Fsp3) is 0.0227. The molecule has 9 aromatic rings. The molecule has 5 heteroatoms. The maximum absolute atomic E-state index is 6.26. The third-order valence-corrected chi connectivity index (χ3v) is 9.62. The lowest BCUT2D eigenvalue weighted by Crippen LogP contribution is -2.22. The molecule has 0 amide bonds. The van der Waals surface area contributed by atoms with Crippen LogP contribution in [0.15, 0.2) is 156 Å². The number of furan rings is 1. The molecule has 10 rings (SSSR count). The molecular formula is C44H28N4O. The van der Waals surface area contributed by atoms with Gasteiger partial charge in [0.05, 0.1) is 6.04 Å². The van der Waals surface area contributed by atoms with Crippen LogP contribution >= 0.6 is 0 Å². The molecule has 0 aliphatic carbocycles. The van der Waals surface area contributed by atoms with Crippen LogP contribution in [0.4, 0.5) is 0 Å². The van der Waals surface area contributed by atoms with Crippen LogP contribution in [0.5, 0.6) is 0 Å². The van der Waals surface area contributed by atoms with Gasteiger partial charge in [-0.05, 0) is 62.6 Å². The summed E-state index contributed by atoms with van der Waals surface area (Å²) in [5.74, 6) is 1.84. The summed E-state index contributed by atoms with van der Waals surface area (Å²) < 4.78 is 6.26. The maximum atomic E-state index is 6.26. The molecule has 7 aromatic carbocycles. The van der Waals surface area contributed by atoms with E-state index in [1.165, 1.54) is 32.7 Å². The Balaban J connectivity index is 1.22. The summed E-state index contributed by atoms with van der Waals surface area (Å²) in [7, 11) is 0. The van der Waals surface area contributed by atoms with E-state index in [2.05, 4.69) is 103 Å². The molecule has 3 heterocycles. The van der Waals surface area contributed by atoms with Crippen molar-refractivity contribution >= 4 is 49.6 Å². The fourth-order valence-corrected chi connectivity index (χ4v) is 7.41. The summed E-state index contributed by atoms with van der Waals surface area (Å²) in [6.45, 7) is 0. The van der Waals surface area contributed by atoms with Crippen molar-refractivity contribution in [1.82, 2.24) is 20.3 Å². The molecule has 0 bridgehead atoms. The first-order chi connectivity index (χ1) is 24.3. The van der Waals surface area contributed by atoms with Crippen LogP contribution in [0, 0.1) is 0 Å². The summed E-state index contributed by atoms with van der Waals surface area (Å²) >= 11 is 0. The van der Waals surface area contributed by atoms with Gasteiger partial charge in [0.25, 0.3) is 0 Å². The molecule has 1 aliphatic heterocycles. The van der Waals surface area contributed by atoms with E-state index in [1.54, 1.807) is 0 Å². The number of hydrogen-bond donors (Lipinski definition) is 1. The first-order valence-electron chi connectivity index (χ1n) is 16.5. The number of hydrogen-bond acceptors (Lipinski definition) is 5. The Hall–Kier alpha value is -6.59. The highest BCUT2D eigenvalue weighted by Gasteiger charge is 2.26. The highest BCUT2D eigenvalue weighted by atomic mass is 16.3. The first kappa shape index (κ1) is 27.5. The van der Waals surface area contributed by atoms with E-state index >= 15 is 0 Å². The molecular weight excluding hydrogens is 601 g/mol. The van der Waals surface area contributed by atoms with Gasteiger partial charge in [-0.15, -0.1) is 0 Å². The second kappa shape index (κ2) is 11.0. The van der Waals surface area contributed by atoms with Gasteiger partial charge in [0, 0.05) is 27.5 Å². The molecule has 49 heavy (non-hydrogen) atoms. The van der Waals surface area contributed by atoms with Gasteiger partial charge in [0.2, 0.25) is 0 Å². The fourth-order valence-electron chi connectivity index (χ4n) is 7.41. The number of benzene rings is 7. The van der Waals surface area contributed by atoms with Crippen molar-refractivity contribution in [3.8, 4) is 34.2 Å². The molecule has 2 aromatic heterocycles. The van der Waals surface area contributed by atoms with Crippen LogP contribution in [-0.2, 0) is 0 Å². The van der Waals surface area contributed by atoms with Crippen molar-refractivity contribution in [2.45, 2.75) is 6.04 Å². The largest absolute Gasteiger partial charge is 0.456 e. The minimum atomic E-state index is -0.132. The number of rotatable bonds is 4. The monoisotopic (exact) mass is 628 g/mol. The number of para-hydroxylation sites is 1. The van der Waals surface area contributed by atoms with Crippen molar-refractivity contribution in [3.05, 3.63) is 168 Å². The van der Waals surface area contributed by atoms with Crippen molar-refractivity contribution in [2.24, 2.45) is 0 Å². The average Bonchev–Trinajstić information content (AvgIpc) is 3.56. The second-order valence-electron chi connectivity index (χ2n) is 12.4. The first-order valence-corrected chi connectivity index (χ1v) is 16.5. The lowest BCUT2D eigenvalue weighted by atomic mass is 9.84. The number of fused-ring (bicyclic) bond motifs is 8. The zero-order valence-corrected chi connectivity index (χ0v) is 26.3. The molecule has 0 saturated carbocycles. The van der Waals surface area contributed by atoms with Gasteiger partial charge in [-0.25, -0.2) is 15.0 Å². The second-order valence-corrected chi connectivity index (χ2v) is 12.4. The molecule has 1 aliphatic rings. The average molecular weight is 629 g/mol. The predicted molar refractivity (Wildman–Crippen MR) is 199 cm³/mol. The van der Waals surface area contributed by atoms with Crippen molar-refractivity contribution in [2.75, 3.05) is 0 Å². The SMILES string of the molecule is C1=Cc2ccc3ccc4ccccc4c3c2C(c2ccccc2-c2nc(-c3ccccc3)nc(-c3cccc4oc5ccccc5c34)n2)N1.